The predicted molar refractivity (Wildman–Crippen MR) is 92.6 cm³/mol. The number of thiophene rings is 1. The molecule has 3 aromatic heterocycles. The van der Waals surface area contributed by atoms with Crippen molar-refractivity contribution < 1.29 is 9.21 Å². The fourth-order valence-corrected chi connectivity index (χ4v) is 3.53. The van der Waals surface area contributed by atoms with Crippen molar-refractivity contribution in [3.63, 3.8) is 0 Å². The number of carbonyl (C=O) groups is 1. The van der Waals surface area contributed by atoms with Crippen molar-refractivity contribution in [3.8, 4) is 0 Å². The molecule has 0 bridgehead atoms. The van der Waals surface area contributed by atoms with Crippen molar-refractivity contribution in [2.75, 3.05) is 6.26 Å². The second kappa shape index (κ2) is 7.48. The maximum absolute atomic E-state index is 13.0. The molecule has 1 amide bonds. The van der Waals surface area contributed by atoms with Gasteiger partial charge in [-0.15, -0.1) is 23.1 Å². The summed E-state index contributed by atoms with van der Waals surface area (Å²) in [4.78, 5) is 20.2. The Kier molecular flexibility index (Phi) is 5.15. The number of hydrogen-bond acceptors (Lipinski definition) is 5. The molecule has 3 rings (SSSR count). The molecule has 0 spiro atoms. The van der Waals surface area contributed by atoms with Crippen LogP contribution in [-0.2, 0) is 13.1 Å². The summed E-state index contributed by atoms with van der Waals surface area (Å²) in [6, 6.07) is 11.4. The lowest BCUT2D eigenvalue weighted by atomic mass is 10.2. The number of hydrogen-bond donors (Lipinski definition) is 0. The molecular formula is C17H16N2O2S2. The Morgan fingerprint density at radius 3 is 2.87 bits per heavy atom. The minimum atomic E-state index is -0.0350. The summed E-state index contributed by atoms with van der Waals surface area (Å²) in [7, 11) is 0. The van der Waals surface area contributed by atoms with E-state index in [1.165, 1.54) is 11.8 Å². The molecule has 0 N–H and O–H groups in total. The molecule has 0 fully saturated rings. The van der Waals surface area contributed by atoms with Gasteiger partial charge in [0.15, 0.2) is 0 Å². The van der Waals surface area contributed by atoms with Gasteiger partial charge in [-0.3, -0.25) is 4.79 Å². The SMILES string of the molecule is CSc1ncccc1C(=O)N(Cc1ccco1)Cc1cccs1. The Balaban J connectivity index is 1.88. The van der Waals surface area contributed by atoms with Crippen molar-refractivity contribution in [1.82, 2.24) is 9.88 Å². The highest BCUT2D eigenvalue weighted by Gasteiger charge is 2.21. The summed E-state index contributed by atoms with van der Waals surface area (Å²) >= 11 is 3.12. The zero-order chi connectivity index (χ0) is 16.1. The van der Waals surface area contributed by atoms with Gasteiger partial charge < -0.3 is 9.32 Å². The second-order valence-electron chi connectivity index (χ2n) is 4.88. The van der Waals surface area contributed by atoms with Crippen molar-refractivity contribution in [1.29, 1.82) is 0 Å². The van der Waals surface area contributed by atoms with Crippen LogP contribution in [0.3, 0.4) is 0 Å². The van der Waals surface area contributed by atoms with E-state index in [1.54, 1.807) is 34.8 Å². The first-order valence-electron chi connectivity index (χ1n) is 7.11. The molecule has 0 aromatic carbocycles. The minimum absolute atomic E-state index is 0.0350. The lowest BCUT2D eigenvalue weighted by Gasteiger charge is -2.22. The molecule has 0 aliphatic carbocycles. The van der Waals surface area contributed by atoms with Gasteiger partial charge in [-0.2, -0.15) is 0 Å². The fraction of sp³-hybridized carbons (Fsp3) is 0.176. The highest BCUT2D eigenvalue weighted by Crippen LogP contribution is 2.22. The number of furan rings is 1. The van der Waals surface area contributed by atoms with Gasteiger partial charge in [-0.1, -0.05) is 6.07 Å². The normalized spacial score (nSPS) is 10.7. The van der Waals surface area contributed by atoms with E-state index in [-0.39, 0.29) is 5.91 Å². The molecule has 3 heterocycles. The molecule has 0 saturated carbocycles. The summed E-state index contributed by atoms with van der Waals surface area (Å²) in [6.45, 7) is 0.992. The molecule has 6 heteroatoms. The Labute approximate surface area is 143 Å². The molecular weight excluding hydrogens is 328 g/mol. The third-order valence-corrected chi connectivity index (χ3v) is 4.91. The smallest absolute Gasteiger partial charge is 0.257 e. The highest BCUT2D eigenvalue weighted by atomic mass is 32.2. The van der Waals surface area contributed by atoms with Gasteiger partial charge >= 0.3 is 0 Å². The molecule has 0 atom stereocenters. The van der Waals surface area contributed by atoms with Gasteiger partial charge in [0.1, 0.15) is 10.8 Å². The van der Waals surface area contributed by atoms with E-state index in [1.807, 2.05) is 42.0 Å². The topological polar surface area (TPSA) is 46.3 Å². The van der Waals surface area contributed by atoms with Gasteiger partial charge in [-0.05, 0) is 42.0 Å². The number of aromatic nitrogens is 1. The van der Waals surface area contributed by atoms with E-state index in [4.69, 9.17) is 4.42 Å². The minimum Gasteiger partial charge on any atom is -0.467 e. The zero-order valence-electron chi connectivity index (χ0n) is 12.6. The second-order valence-corrected chi connectivity index (χ2v) is 6.71. The maximum Gasteiger partial charge on any atom is 0.257 e. The first-order valence-corrected chi connectivity index (χ1v) is 9.21. The number of nitrogens with zero attached hydrogens (tertiary/aromatic N) is 2. The third-order valence-electron chi connectivity index (χ3n) is 3.34. The van der Waals surface area contributed by atoms with Gasteiger partial charge in [0.25, 0.3) is 5.91 Å². The van der Waals surface area contributed by atoms with Gasteiger partial charge in [0.05, 0.1) is 24.9 Å². The van der Waals surface area contributed by atoms with Crippen LogP contribution in [0.5, 0.6) is 0 Å². The maximum atomic E-state index is 13.0. The van der Waals surface area contributed by atoms with E-state index < -0.39 is 0 Å². The average Bonchev–Trinajstić information content (AvgIpc) is 3.27. The van der Waals surface area contributed by atoms with E-state index in [9.17, 15) is 4.79 Å². The zero-order valence-corrected chi connectivity index (χ0v) is 14.3. The van der Waals surface area contributed by atoms with Gasteiger partial charge in [-0.25, -0.2) is 4.98 Å². The molecule has 3 aromatic rings. The Hall–Kier alpha value is -2.05. The van der Waals surface area contributed by atoms with Crippen LogP contribution in [0.25, 0.3) is 0 Å². The first kappa shape index (κ1) is 15.8. The summed E-state index contributed by atoms with van der Waals surface area (Å²) < 4.78 is 5.41. The largest absolute Gasteiger partial charge is 0.467 e. The van der Waals surface area contributed by atoms with Crippen molar-refractivity contribution in [2.24, 2.45) is 0 Å². The van der Waals surface area contributed by atoms with Crippen molar-refractivity contribution in [3.05, 3.63) is 70.4 Å². The number of carbonyl (C=O) groups excluding carboxylic acids is 1. The lowest BCUT2D eigenvalue weighted by molar-refractivity contribution is 0.0715. The van der Waals surface area contributed by atoms with Gasteiger partial charge in [0, 0.05) is 11.1 Å². The molecule has 0 radical (unpaired) electrons. The van der Waals surface area contributed by atoms with Crippen LogP contribution in [0.15, 0.2) is 63.7 Å². The highest BCUT2D eigenvalue weighted by molar-refractivity contribution is 7.98. The number of thioether (sulfide) groups is 1. The third kappa shape index (κ3) is 3.83. The monoisotopic (exact) mass is 344 g/mol. The van der Waals surface area contributed by atoms with Crippen molar-refractivity contribution in [2.45, 2.75) is 18.1 Å². The van der Waals surface area contributed by atoms with E-state index in [0.717, 1.165) is 15.7 Å². The number of pyridine rings is 1. The summed E-state index contributed by atoms with van der Waals surface area (Å²) in [6.07, 6.45) is 5.26. The van der Waals surface area contributed by atoms with Crippen molar-refractivity contribution >= 4 is 29.0 Å². The molecule has 0 aliphatic rings. The molecule has 118 valence electrons. The van der Waals surface area contributed by atoms with E-state index in [2.05, 4.69) is 4.98 Å². The quantitative estimate of drug-likeness (QED) is 0.626. The number of amides is 1. The van der Waals surface area contributed by atoms with E-state index >= 15 is 0 Å². The van der Waals surface area contributed by atoms with Crippen LogP contribution in [0.4, 0.5) is 0 Å². The fourth-order valence-electron chi connectivity index (χ4n) is 2.27. The summed E-state index contributed by atoms with van der Waals surface area (Å²) in [5.41, 5.74) is 0.628. The number of rotatable bonds is 6. The van der Waals surface area contributed by atoms with Gasteiger partial charge in [0.2, 0.25) is 0 Å². The average molecular weight is 344 g/mol. The lowest BCUT2D eigenvalue weighted by Crippen LogP contribution is -2.30. The summed E-state index contributed by atoms with van der Waals surface area (Å²) in [5.74, 6) is 0.733. The standard InChI is InChI=1S/C17H16N2O2S2/c1-22-16-15(7-2-8-18-16)17(20)19(11-13-5-3-9-21-13)12-14-6-4-10-23-14/h2-10H,11-12H2,1H3. The summed E-state index contributed by atoms with van der Waals surface area (Å²) in [5, 5.41) is 2.76. The van der Waals surface area contributed by atoms with Crippen LogP contribution < -0.4 is 0 Å². The Bertz CT molecular complexity index is 719. The molecule has 23 heavy (non-hydrogen) atoms. The van der Waals surface area contributed by atoms with Crippen LogP contribution in [0.1, 0.15) is 21.0 Å². The molecule has 0 aliphatic heterocycles. The predicted octanol–water partition coefficient (Wildman–Crippen LogP) is 4.30. The Morgan fingerprint density at radius 2 is 2.17 bits per heavy atom. The van der Waals surface area contributed by atoms with E-state index in [0.29, 0.717) is 18.7 Å². The van der Waals surface area contributed by atoms with Crippen LogP contribution >= 0.6 is 23.1 Å². The molecule has 4 nitrogen and oxygen atoms in total. The molecule has 0 unspecified atom stereocenters. The Morgan fingerprint density at radius 1 is 1.26 bits per heavy atom. The van der Waals surface area contributed by atoms with Crippen LogP contribution in [-0.4, -0.2) is 22.0 Å². The van der Waals surface area contributed by atoms with Crippen LogP contribution in [0.2, 0.25) is 0 Å². The van der Waals surface area contributed by atoms with Crippen LogP contribution in [0, 0.1) is 0 Å². The molecule has 0 saturated heterocycles. The first-order chi connectivity index (χ1) is 11.3.